The average Bonchev–Trinajstić information content (AvgIpc) is 2.83. The number of ether oxygens (including phenoxy) is 2. The van der Waals surface area contributed by atoms with E-state index in [9.17, 15) is 9.59 Å². The largest absolute Gasteiger partial charge is 0.423 e. The molecule has 32 heavy (non-hydrogen) atoms. The first-order chi connectivity index (χ1) is 15.6. The average molecular weight is 422 g/mol. The lowest BCUT2D eigenvalue weighted by Gasteiger charge is -2.05. The molecule has 0 spiro atoms. The zero-order chi connectivity index (χ0) is 22.8. The van der Waals surface area contributed by atoms with Crippen LogP contribution in [0.1, 0.15) is 22.3 Å². The summed E-state index contributed by atoms with van der Waals surface area (Å²) in [5.41, 5.74) is 3.56. The molecule has 4 heteroatoms. The maximum Gasteiger partial charge on any atom is 0.335 e. The Bertz CT molecular complexity index is 1090. The summed E-state index contributed by atoms with van der Waals surface area (Å²) in [5.74, 6) is -0.0429. The predicted molar refractivity (Wildman–Crippen MR) is 129 cm³/mol. The van der Waals surface area contributed by atoms with Crippen molar-refractivity contribution in [2.24, 2.45) is 0 Å². The fraction of sp³-hybridized carbons (Fsp3) is 0. The van der Waals surface area contributed by atoms with Crippen molar-refractivity contribution in [3.05, 3.63) is 120 Å². The number of carbonyl (C=O) groups is 2. The molecule has 0 atom stereocenters. The molecule has 0 saturated carbocycles. The Hall–Kier alpha value is -4.44. The first kappa shape index (κ1) is 22.2. The zero-order valence-corrected chi connectivity index (χ0v) is 17.4. The van der Waals surface area contributed by atoms with Crippen molar-refractivity contribution in [3.8, 4) is 11.5 Å². The molecule has 3 rings (SSSR count). The van der Waals surface area contributed by atoms with Crippen LogP contribution in [0.25, 0.3) is 24.3 Å². The van der Waals surface area contributed by atoms with Gasteiger partial charge in [-0.05, 0) is 23.3 Å². The molecule has 0 N–H and O–H groups in total. The van der Waals surface area contributed by atoms with E-state index in [1.807, 2.05) is 72.8 Å². The van der Waals surface area contributed by atoms with Crippen LogP contribution in [-0.4, -0.2) is 11.9 Å². The van der Waals surface area contributed by atoms with E-state index in [0.717, 1.165) is 34.4 Å². The highest BCUT2D eigenvalue weighted by molar-refractivity contribution is 5.85. The third-order valence-electron chi connectivity index (χ3n) is 4.44. The van der Waals surface area contributed by atoms with Crippen LogP contribution in [0, 0.1) is 0 Å². The molecule has 4 nitrogen and oxygen atoms in total. The second kappa shape index (κ2) is 11.1. The molecule has 0 aromatic heterocycles. The van der Waals surface area contributed by atoms with Crippen molar-refractivity contribution in [2.75, 3.05) is 0 Å². The molecule has 0 fully saturated rings. The zero-order valence-electron chi connectivity index (χ0n) is 17.4. The van der Waals surface area contributed by atoms with Crippen LogP contribution < -0.4 is 9.47 Å². The quantitative estimate of drug-likeness (QED) is 0.187. The lowest BCUT2D eigenvalue weighted by molar-refractivity contribution is -0.129. The molecule has 3 aromatic rings. The van der Waals surface area contributed by atoms with Crippen LogP contribution in [0.15, 0.2) is 98.1 Å². The van der Waals surface area contributed by atoms with E-state index in [-0.39, 0.29) is 0 Å². The van der Waals surface area contributed by atoms with Gasteiger partial charge in [0.05, 0.1) is 0 Å². The first-order valence-corrected chi connectivity index (χ1v) is 9.92. The van der Waals surface area contributed by atoms with Gasteiger partial charge in [-0.25, -0.2) is 9.59 Å². The molecular formula is C28H22O4. The van der Waals surface area contributed by atoms with Crippen molar-refractivity contribution in [1.82, 2.24) is 0 Å². The number of hydrogen-bond acceptors (Lipinski definition) is 4. The minimum atomic E-state index is -0.497. The minimum absolute atomic E-state index is 0.476. The van der Waals surface area contributed by atoms with Crippen LogP contribution in [0.4, 0.5) is 0 Å². The summed E-state index contributed by atoms with van der Waals surface area (Å²) in [5, 5.41) is 0. The normalized spacial score (nSPS) is 10.8. The van der Waals surface area contributed by atoms with Gasteiger partial charge in [0.2, 0.25) is 0 Å². The van der Waals surface area contributed by atoms with Crippen molar-refractivity contribution < 1.29 is 19.1 Å². The molecule has 0 aliphatic carbocycles. The molecule has 0 aliphatic rings. The van der Waals surface area contributed by atoms with E-state index in [4.69, 9.17) is 9.47 Å². The second-order valence-corrected chi connectivity index (χ2v) is 6.66. The molecule has 0 heterocycles. The van der Waals surface area contributed by atoms with E-state index in [1.54, 1.807) is 24.3 Å². The predicted octanol–water partition coefficient (Wildman–Crippen LogP) is 6.21. The summed E-state index contributed by atoms with van der Waals surface area (Å²) in [6.45, 7) is 6.84. The van der Waals surface area contributed by atoms with Gasteiger partial charge in [-0.15, -0.1) is 0 Å². The number of hydrogen-bond donors (Lipinski definition) is 0. The van der Waals surface area contributed by atoms with Crippen LogP contribution in [0.2, 0.25) is 0 Å². The third kappa shape index (κ3) is 6.28. The summed E-state index contributed by atoms with van der Waals surface area (Å²) in [6.07, 6.45) is 9.93. The first-order valence-electron chi connectivity index (χ1n) is 9.92. The SMILES string of the molecule is C=CC(=O)Oc1ccccc1C=Cc1ccc(C=Cc2ccccc2OC(=O)C=C)cc1. The number of benzene rings is 3. The number of esters is 2. The van der Waals surface area contributed by atoms with Gasteiger partial charge in [0, 0.05) is 23.3 Å². The second-order valence-electron chi connectivity index (χ2n) is 6.66. The van der Waals surface area contributed by atoms with Gasteiger partial charge >= 0.3 is 11.9 Å². The van der Waals surface area contributed by atoms with Gasteiger partial charge in [0.15, 0.2) is 0 Å². The molecule has 0 radical (unpaired) electrons. The molecule has 0 saturated heterocycles. The van der Waals surface area contributed by atoms with E-state index < -0.39 is 11.9 Å². The Morgan fingerprint density at radius 2 is 0.938 bits per heavy atom. The summed E-state index contributed by atoms with van der Waals surface area (Å²) in [7, 11) is 0. The van der Waals surface area contributed by atoms with Crippen molar-refractivity contribution in [2.45, 2.75) is 0 Å². The summed E-state index contributed by atoms with van der Waals surface area (Å²) >= 11 is 0. The van der Waals surface area contributed by atoms with Crippen molar-refractivity contribution in [1.29, 1.82) is 0 Å². The standard InChI is InChI=1S/C28H22O4/c1-3-27(29)31-25-11-7-5-9-23(25)19-17-21-13-15-22(16-14-21)18-20-24-10-6-8-12-26(24)32-28(30)4-2/h3-20H,1-2H2. The maximum atomic E-state index is 11.5. The van der Waals surface area contributed by atoms with Gasteiger partial charge in [0.1, 0.15) is 11.5 Å². The monoisotopic (exact) mass is 422 g/mol. The van der Waals surface area contributed by atoms with Gasteiger partial charge < -0.3 is 9.47 Å². The van der Waals surface area contributed by atoms with E-state index in [0.29, 0.717) is 11.5 Å². The Kier molecular flexibility index (Phi) is 7.71. The lowest BCUT2D eigenvalue weighted by Crippen LogP contribution is -2.04. The summed E-state index contributed by atoms with van der Waals surface area (Å²) < 4.78 is 10.5. The highest BCUT2D eigenvalue weighted by atomic mass is 16.5. The van der Waals surface area contributed by atoms with Crippen LogP contribution in [0.3, 0.4) is 0 Å². The molecule has 158 valence electrons. The summed E-state index contributed by atoms with van der Waals surface area (Å²) in [6, 6.07) is 22.5. The van der Waals surface area contributed by atoms with Crippen molar-refractivity contribution >= 4 is 36.2 Å². The smallest absolute Gasteiger partial charge is 0.335 e. The Morgan fingerprint density at radius 1 is 0.562 bits per heavy atom. The highest BCUT2D eigenvalue weighted by Crippen LogP contribution is 2.23. The van der Waals surface area contributed by atoms with Gasteiger partial charge in [-0.2, -0.15) is 0 Å². The van der Waals surface area contributed by atoms with Gasteiger partial charge in [-0.3, -0.25) is 0 Å². The number of carbonyl (C=O) groups excluding carboxylic acids is 2. The molecular weight excluding hydrogens is 400 g/mol. The highest BCUT2D eigenvalue weighted by Gasteiger charge is 2.05. The lowest BCUT2D eigenvalue weighted by atomic mass is 10.1. The van der Waals surface area contributed by atoms with Crippen LogP contribution >= 0.6 is 0 Å². The van der Waals surface area contributed by atoms with Crippen molar-refractivity contribution in [3.63, 3.8) is 0 Å². The van der Waals surface area contributed by atoms with Crippen LogP contribution in [-0.2, 0) is 9.59 Å². The summed E-state index contributed by atoms with van der Waals surface area (Å²) in [4.78, 5) is 23.0. The Labute approximate surface area is 187 Å². The van der Waals surface area contributed by atoms with E-state index >= 15 is 0 Å². The van der Waals surface area contributed by atoms with Gasteiger partial charge in [0.25, 0.3) is 0 Å². The van der Waals surface area contributed by atoms with Gasteiger partial charge in [-0.1, -0.05) is 98.1 Å². The number of rotatable bonds is 8. The fourth-order valence-corrected chi connectivity index (χ4v) is 2.81. The third-order valence-corrected chi connectivity index (χ3v) is 4.44. The molecule has 0 bridgehead atoms. The van der Waals surface area contributed by atoms with Crippen LogP contribution in [0.5, 0.6) is 11.5 Å². The minimum Gasteiger partial charge on any atom is -0.423 e. The molecule has 0 unspecified atom stereocenters. The Balaban J connectivity index is 1.72. The van der Waals surface area contributed by atoms with E-state index in [2.05, 4.69) is 13.2 Å². The van der Waals surface area contributed by atoms with E-state index in [1.165, 1.54) is 0 Å². The molecule has 0 amide bonds. The topological polar surface area (TPSA) is 52.6 Å². The molecule has 0 aliphatic heterocycles. The Morgan fingerprint density at radius 3 is 1.31 bits per heavy atom. The fourth-order valence-electron chi connectivity index (χ4n) is 2.81. The molecule has 3 aromatic carbocycles. The maximum absolute atomic E-state index is 11.5. The number of para-hydroxylation sites is 2.